The van der Waals surface area contributed by atoms with Crippen molar-refractivity contribution < 1.29 is 4.79 Å². The molecule has 5 heteroatoms. The number of carbonyl (C=O) groups excluding carboxylic acids is 1. The third kappa shape index (κ3) is 2.13. The second-order valence-corrected chi connectivity index (χ2v) is 3.45. The molecule has 0 amide bonds. The molecular weight excluding hydrogens is 204 g/mol. The molecule has 82 valence electrons. The average molecular weight is 216 g/mol. The Hall–Kier alpha value is -2.04. The number of aryl methyl sites for hydroxylation is 1. The molecular formula is C11H12N4O. The molecule has 0 radical (unpaired) electrons. The van der Waals surface area contributed by atoms with E-state index in [1.54, 1.807) is 23.1 Å². The van der Waals surface area contributed by atoms with E-state index >= 15 is 0 Å². The Bertz CT molecular complexity index is 478. The van der Waals surface area contributed by atoms with E-state index in [9.17, 15) is 4.79 Å². The normalized spacial score (nSPS) is 10.3. The van der Waals surface area contributed by atoms with Crippen molar-refractivity contribution in [1.82, 2.24) is 20.0 Å². The van der Waals surface area contributed by atoms with Gasteiger partial charge in [-0.1, -0.05) is 6.92 Å². The van der Waals surface area contributed by atoms with Crippen LogP contribution in [0, 0.1) is 0 Å². The van der Waals surface area contributed by atoms with Crippen molar-refractivity contribution in [2.45, 2.75) is 19.9 Å². The summed E-state index contributed by atoms with van der Waals surface area (Å²) in [4.78, 5) is 11.9. The van der Waals surface area contributed by atoms with Gasteiger partial charge in [0, 0.05) is 18.3 Å². The fraction of sp³-hybridized carbons (Fsp3) is 0.273. The van der Waals surface area contributed by atoms with Crippen molar-refractivity contribution in [3.8, 4) is 0 Å². The van der Waals surface area contributed by atoms with Gasteiger partial charge >= 0.3 is 0 Å². The average Bonchev–Trinajstić information content (AvgIpc) is 2.78. The Morgan fingerprint density at radius 1 is 1.31 bits per heavy atom. The first-order valence-corrected chi connectivity index (χ1v) is 5.15. The Morgan fingerprint density at radius 2 is 2.19 bits per heavy atom. The molecule has 2 rings (SSSR count). The number of rotatable bonds is 4. The second kappa shape index (κ2) is 4.65. The van der Waals surface area contributed by atoms with Crippen LogP contribution in [0.15, 0.2) is 30.9 Å². The summed E-state index contributed by atoms with van der Waals surface area (Å²) in [5.74, 6) is -0.0720. The van der Waals surface area contributed by atoms with Crippen LogP contribution in [0.25, 0.3) is 0 Å². The molecule has 0 saturated carbocycles. The molecule has 0 atom stereocenters. The van der Waals surface area contributed by atoms with E-state index in [0.29, 0.717) is 11.1 Å². The van der Waals surface area contributed by atoms with E-state index in [1.807, 2.05) is 0 Å². The Morgan fingerprint density at radius 3 is 2.88 bits per heavy atom. The standard InChI is InChI=1S/C11H12N4O/c1-2-5-15-8-10(7-14-15)11(16)9-3-4-12-13-6-9/h3-4,6-8H,2,5H2,1H3. The third-order valence-corrected chi connectivity index (χ3v) is 2.19. The van der Waals surface area contributed by atoms with Crippen LogP contribution in [0.4, 0.5) is 0 Å². The van der Waals surface area contributed by atoms with Gasteiger partial charge < -0.3 is 0 Å². The molecule has 0 saturated heterocycles. The maximum atomic E-state index is 11.9. The van der Waals surface area contributed by atoms with Crippen molar-refractivity contribution in [2.24, 2.45) is 0 Å². The van der Waals surface area contributed by atoms with E-state index in [4.69, 9.17) is 0 Å². The maximum Gasteiger partial charge on any atom is 0.197 e. The summed E-state index contributed by atoms with van der Waals surface area (Å²) in [5.41, 5.74) is 1.12. The van der Waals surface area contributed by atoms with Gasteiger partial charge in [-0.15, -0.1) is 0 Å². The Balaban J connectivity index is 2.21. The van der Waals surface area contributed by atoms with Gasteiger partial charge in [0.25, 0.3) is 0 Å². The third-order valence-electron chi connectivity index (χ3n) is 2.19. The van der Waals surface area contributed by atoms with E-state index in [-0.39, 0.29) is 5.78 Å². The lowest BCUT2D eigenvalue weighted by atomic mass is 10.1. The number of ketones is 1. The first-order valence-electron chi connectivity index (χ1n) is 5.15. The molecule has 2 heterocycles. The molecule has 16 heavy (non-hydrogen) atoms. The lowest BCUT2D eigenvalue weighted by Crippen LogP contribution is -2.01. The highest BCUT2D eigenvalue weighted by molar-refractivity contribution is 6.08. The van der Waals surface area contributed by atoms with Crippen LogP contribution in [-0.4, -0.2) is 25.8 Å². The van der Waals surface area contributed by atoms with E-state index < -0.39 is 0 Å². The zero-order valence-corrected chi connectivity index (χ0v) is 9.00. The number of hydrogen-bond donors (Lipinski definition) is 0. The summed E-state index contributed by atoms with van der Waals surface area (Å²) in [6.07, 6.45) is 7.29. The Labute approximate surface area is 93.1 Å². The monoisotopic (exact) mass is 216 g/mol. The largest absolute Gasteiger partial charge is 0.288 e. The van der Waals surface area contributed by atoms with E-state index in [2.05, 4.69) is 22.2 Å². The molecule has 0 aliphatic rings. The quantitative estimate of drug-likeness (QED) is 0.723. The smallest absolute Gasteiger partial charge is 0.197 e. The number of hydrogen-bond acceptors (Lipinski definition) is 4. The number of nitrogens with zero attached hydrogens (tertiary/aromatic N) is 4. The van der Waals surface area contributed by atoms with Crippen molar-refractivity contribution >= 4 is 5.78 Å². The van der Waals surface area contributed by atoms with Crippen LogP contribution in [0.3, 0.4) is 0 Å². The van der Waals surface area contributed by atoms with Crippen LogP contribution < -0.4 is 0 Å². The summed E-state index contributed by atoms with van der Waals surface area (Å²) >= 11 is 0. The van der Waals surface area contributed by atoms with Gasteiger partial charge in [0.15, 0.2) is 5.78 Å². The SMILES string of the molecule is CCCn1cc(C(=O)c2ccnnc2)cn1. The van der Waals surface area contributed by atoms with Crippen LogP contribution in [-0.2, 0) is 6.54 Å². The minimum atomic E-state index is -0.0720. The molecule has 0 aliphatic heterocycles. The topological polar surface area (TPSA) is 60.7 Å². The molecule has 5 nitrogen and oxygen atoms in total. The molecule has 2 aromatic heterocycles. The maximum absolute atomic E-state index is 11.9. The molecule has 0 spiro atoms. The van der Waals surface area contributed by atoms with Crippen LogP contribution in [0.5, 0.6) is 0 Å². The highest BCUT2D eigenvalue weighted by Gasteiger charge is 2.11. The van der Waals surface area contributed by atoms with Crippen molar-refractivity contribution in [3.05, 3.63) is 42.0 Å². The summed E-state index contributed by atoms with van der Waals surface area (Å²) in [6, 6.07) is 1.65. The molecule has 2 aromatic rings. The lowest BCUT2D eigenvalue weighted by molar-refractivity contribution is 0.103. The highest BCUT2D eigenvalue weighted by atomic mass is 16.1. The molecule has 0 unspecified atom stereocenters. The van der Waals surface area contributed by atoms with Crippen molar-refractivity contribution in [1.29, 1.82) is 0 Å². The Kier molecular flexibility index (Phi) is 3.05. The zero-order chi connectivity index (χ0) is 11.4. The van der Waals surface area contributed by atoms with Crippen LogP contribution >= 0.6 is 0 Å². The fourth-order valence-electron chi connectivity index (χ4n) is 1.42. The molecule has 0 aliphatic carbocycles. The molecule has 0 bridgehead atoms. The van der Waals surface area contributed by atoms with Gasteiger partial charge in [0.1, 0.15) is 0 Å². The van der Waals surface area contributed by atoms with E-state index in [0.717, 1.165) is 13.0 Å². The highest BCUT2D eigenvalue weighted by Crippen LogP contribution is 2.07. The van der Waals surface area contributed by atoms with E-state index in [1.165, 1.54) is 12.4 Å². The fourth-order valence-corrected chi connectivity index (χ4v) is 1.42. The van der Waals surface area contributed by atoms with Gasteiger partial charge in [0.05, 0.1) is 24.2 Å². The van der Waals surface area contributed by atoms with Crippen molar-refractivity contribution in [2.75, 3.05) is 0 Å². The van der Waals surface area contributed by atoms with Gasteiger partial charge in [-0.2, -0.15) is 15.3 Å². The summed E-state index contributed by atoms with van der Waals surface area (Å²) in [7, 11) is 0. The van der Waals surface area contributed by atoms with Crippen LogP contribution in [0.1, 0.15) is 29.3 Å². The van der Waals surface area contributed by atoms with Gasteiger partial charge in [-0.25, -0.2) is 0 Å². The minimum absolute atomic E-state index is 0.0720. The lowest BCUT2D eigenvalue weighted by Gasteiger charge is -1.96. The van der Waals surface area contributed by atoms with Crippen LogP contribution in [0.2, 0.25) is 0 Å². The molecule has 0 N–H and O–H groups in total. The van der Waals surface area contributed by atoms with Crippen molar-refractivity contribution in [3.63, 3.8) is 0 Å². The predicted octanol–water partition coefficient (Wildman–Crippen LogP) is 1.31. The summed E-state index contributed by atoms with van der Waals surface area (Å²) in [6.45, 7) is 2.89. The molecule has 0 aromatic carbocycles. The first kappa shape index (κ1) is 10.5. The zero-order valence-electron chi connectivity index (χ0n) is 9.00. The summed E-state index contributed by atoms with van der Waals surface area (Å²) in [5, 5.41) is 11.4. The second-order valence-electron chi connectivity index (χ2n) is 3.45. The van der Waals surface area contributed by atoms with Gasteiger partial charge in [-0.05, 0) is 12.5 Å². The number of aromatic nitrogens is 4. The van der Waals surface area contributed by atoms with Gasteiger partial charge in [-0.3, -0.25) is 9.48 Å². The first-order chi connectivity index (χ1) is 7.81. The molecule has 0 fully saturated rings. The van der Waals surface area contributed by atoms with Gasteiger partial charge in [0.2, 0.25) is 0 Å². The summed E-state index contributed by atoms with van der Waals surface area (Å²) < 4.78 is 1.77. The predicted molar refractivity (Wildman–Crippen MR) is 58.0 cm³/mol. The number of carbonyl (C=O) groups is 1. The minimum Gasteiger partial charge on any atom is -0.288 e.